The topological polar surface area (TPSA) is 46.5 Å². The van der Waals surface area contributed by atoms with Crippen LogP contribution in [0.1, 0.15) is 33.5 Å². The van der Waals surface area contributed by atoms with E-state index < -0.39 is 5.97 Å². The fourth-order valence-corrected chi connectivity index (χ4v) is 3.46. The minimum atomic E-state index is -1.00. The molecule has 1 heterocycles. The van der Waals surface area contributed by atoms with E-state index >= 15 is 0 Å². The quantitative estimate of drug-likeness (QED) is 0.785. The smallest absolute Gasteiger partial charge is 0.349 e. The number of carboxylic acids is 1. The van der Waals surface area contributed by atoms with Crippen molar-refractivity contribution in [2.75, 3.05) is 0 Å². The predicted molar refractivity (Wildman–Crippen MR) is 83.7 cm³/mol. The van der Waals surface area contributed by atoms with Crippen molar-refractivity contribution in [2.24, 2.45) is 0 Å². The van der Waals surface area contributed by atoms with E-state index in [4.69, 9.17) is 4.74 Å². The first-order chi connectivity index (χ1) is 9.99. The summed E-state index contributed by atoms with van der Waals surface area (Å²) in [6.45, 7) is 2.16. The second kappa shape index (κ2) is 7.04. The number of benzene rings is 1. The minimum absolute atomic E-state index is 0.124. The van der Waals surface area contributed by atoms with E-state index in [-0.39, 0.29) is 17.3 Å². The van der Waals surface area contributed by atoms with Crippen LogP contribution in [0.5, 0.6) is 5.75 Å². The maximum atomic E-state index is 13.3. The summed E-state index contributed by atoms with van der Waals surface area (Å²) in [5.74, 6) is -1.02. The third-order valence-electron chi connectivity index (χ3n) is 2.76. The number of ether oxygens (including phenoxy) is 1. The molecule has 0 amide bonds. The van der Waals surface area contributed by atoms with E-state index in [2.05, 4.69) is 15.9 Å². The lowest BCUT2D eigenvalue weighted by atomic mass is 10.2. The Bertz CT molecular complexity index is 634. The van der Waals surface area contributed by atoms with Gasteiger partial charge in [0.15, 0.2) is 4.88 Å². The van der Waals surface area contributed by atoms with Crippen LogP contribution in [0, 0.1) is 5.82 Å². The van der Waals surface area contributed by atoms with Gasteiger partial charge in [-0.3, -0.25) is 0 Å². The van der Waals surface area contributed by atoms with E-state index in [0.29, 0.717) is 15.8 Å². The van der Waals surface area contributed by atoms with Gasteiger partial charge in [0.1, 0.15) is 18.2 Å². The summed E-state index contributed by atoms with van der Waals surface area (Å²) >= 11 is 4.44. The molecule has 1 aromatic heterocycles. The molecule has 0 atom stereocenters. The van der Waals surface area contributed by atoms with Gasteiger partial charge in [-0.2, -0.15) is 0 Å². The molecule has 0 unspecified atom stereocenters. The normalized spacial score (nSPS) is 10.6. The maximum absolute atomic E-state index is 13.3. The third kappa shape index (κ3) is 4.28. The summed E-state index contributed by atoms with van der Waals surface area (Å²) in [5.41, 5.74) is 0.640. The number of hydrogen-bond donors (Lipinski definition) is 1. The van der Waals surface area contributed by atoms with Crippen LogP contribution >= 0.6 is 27.3 Å². The first kappa shape index (κ1) is 16.0. The summed E-state index contributed by atoms with van der Waals surface area (Å²) in [6.07, 6.45) is 1.76. The van der Waals surface area contributed by atoms with Crippen molar-refractivity contribution in [3.63, 3.8) is 0 Å². The number of thiophene rings is 1. The van der Waals surface area contributed by atoms with E-state index in [0.717, 1.165) is 17.7 Å². The lowest BCUT2D eigenvalue weighted by Crippen LogP contribution is -2.00. The number of carboxylic acid groups (broad SMARTS) is 1. The van der Waals surface area contributed by atoms with Crippen LogP contribution in [0.15, 0.2) is 28.7 Å². The molecule has 0 aliphatic carbocycles. The molecule has 112 valence electrons. The number of halogens is 2. The average molecular weight is 373 g/mol. The number of aryl methyl sites for hydroxylation is 1. The molecule has 0 fully saturated rings. The molecular weight excluding hydrogens is 359 g/mol. The number of carbonyl (C=O) groups is 1. The standard InChI is InChI=1S/C15H14BrFO3S/c1-2-3-12-7-13(14(21-12)15(18)19)20-8-9-4-10(16)6-11(17)5-9/h4-7H,2-3,8H2,1H3,(H,18,19). The Morgan fingerprint density at radius 3 is 2.76 bits per heavy atom. The molecule has 21 heavy (non-hydrogen) atoms. The van der Waals surface area contributed by atoms with Crippen molar-refractivity contribution >= 4 is 33.2 Å². The van der Waals surface area contributed by atoms with Gasteiger partial charge in [-0.25, -0.2) is 9.18 Å². The molecule has 6 heteroatoms. The molecule has 1 aromatic carbocycles. The second-order valence-electron chi connectivity index (χ2n) is 4.53. The highest BCUT2D eigenvalue weighted by molar-refractivity contribution is 9.10. The second-order valence-corrected chi connectivity index (χ2v) is 6.58. The molecule has 0 radical (unpaired) electrons. The highest BCUT2D eigenvalue weighted by Gasteiger charge is 2.16. The monoisotopic (exact) mass is 372 g/mol. The van der Waals surface area contributed by atoms with Crippen LogP contribution in [-0.4, -0.2) is 11.1 Å². The Labute approximate surface area is 134 Å². The van der Waals surface area contributed by atoms with Gasteiger partial charge in [0.25, 0.3) is 0 Å². The van der Waals surface area contributed by atoms with Crippen LogP contribution in [0.2, 0.25) is 0 Å². The van der Waals surface area contributed by atoms with Crippen molar-refractivity contribution in [1.29, 1.82) is 0 Å². The van der Waals surface area contributed by atoms with Gasteiger partial charge in [0.05, 0.1) is 0 Å². The van der Waals surface area contributed by atoms with Crippen LogP contribution in [-0.2, 0) is 13.0 Å². The molecule has 0 bridgehead atoms. The summed E-state index contributed by atoms with van der Waals surface area (Å²) < 4.78 is 19.5. The lowest BCUT2D eigenvalue weighted by molar-refractivity contribution is 0.0697. The summed E-state index contributed by atoms with van der Waals surface area (Å²) in [4.78, 5) is 12.4. The van der Waals surface area contributed by atoms with Gasteiger partial charge in [0.2, 0.25) is 0 Å². The minimum Gasteiger partial charge on any atom is -0.487 e. The fourth-order valence-electron chi connectivity index (χ4n) is 1.90. The first-order valence-corrected chi connectivity index (χ1v) is 8.04. The highest BCUT2D eigenvalue weighted by Crippen LogP contribution is 2.31. The Balaban J connectivity index is 2.16. The molecule has 2 rings (SSSR count). The van der Waals surface area contributed by atoms with Crippen molar-refractivity contribution < 1.29 is 19.0 Å². The highest BCUT2D eigenvalue weighted by atomic mass is 79.9. The molecule has 2 aromatic rings. The number of aromatic carboxylic acids is 1. The van der Waals surface area contributed by atoms with Crippen LogP contribution in [0.4, 0.5) is 4.39 Å². The van der Waals surface area contributed by atoms with Crippen LogP contribution in [0.25, 0.3) is 0 Å². The number of hydrogen-bond acceptors (Lipinski definition) is 3. The maximum Gasteiger partial charge on any atom is 0.349 e. The molecule has 0 saturated carbocycles. The van der Waals surface area contributed by atoms with E-state index in [1.807, 2.05) is 6.92 Å². The van der Waals surface area contributed by atoms with Gasteiger partial charge >= 0.3 is 5.97 Å². The molecule has 0 aliphatic rings. The predicted octanol–water partition coefficient (Wildman–Crippen LogP) is 4.88. The SMILES string of the molecule is CCCc1cc(OCc2cc(F)cc(Br)c2)c(C(=O)O)s1. The van der Waals surface area contributed by atoms with Gasteiger partial charge in [-0.05, 0) is 36.2 Å². The zero-order chi connectivity index (χ0) is 15.4. The van der Waals surface area contributed by atoms with E-state index in [9.17, 15) is 14.3 Å². The molecule has 0 spiro atoms. The molecule has 0 aliphatic heterocycles. The van der Waals surface area contributed by atoms with Crippen molar-refractivity contribution in [3.05, 3.63) is 49.9 Å². The van der Waals surface area contributed by atoms with Gasteiger partial charge in [-0.15, -0.1) is 11.3 Å². The molecule has 1 N–H and O–H groups in total. The third-order valence-corrected chi connectivity index (χ3v) is 4.38. The Morgan fingerprint density at radius 2 is 2.14 bits per heavy atom. The lowest BCUT2D eigenvalue weighted by Gasteiger charge is -2.06. The zero-order valence-electron chi connectivity index (χ0n) is 11.4. The van der Waals surface area contributed by atoms with Crippen molar-refractivity contribution in [2.45, 2.75) is 26.4 Å². The average Bonchev–Trinajstić information content (AvgIpc) is 2.79. The van der Waals surface area contributed by atoms with Crippen molar-refractivity contribution in [1.82, 2.24) is 0 Å². The Morgan fingerprint density at radius 1 is 1.38 bits per heavy atom. The van der Waals surface area contributed by atoms with Gasteiger partial charge in [-0.1, -0.05) is 29.3 Å². The molecule has 0 saturated heterocycles. The molecular formula is C15H14BrFO3S. The number of rotatable bonds is 6. The summed E-state index contributed by atoms with van der Waals surface area (Å²) in [6, 6.07) is 6.22. The van der Waals surface area contributed by atoms with Gasteiger partial charge in [0, 0.05) is 9.35 Å². The van der Waals surface area contributed by atoms with E-state index in [1.165, 1.54) is 23.5 Å². The van der Waals surface area contributed by atoms with Crippen LogP contribution < -0.4 is 4.74 Å². The van der Waals surface area contributed by atoms with Gasteiger partial charge < -0.3 is 9.84 Å². The zero-order valence-corrected chi connectivity index (χ0v) is 13.8. The summed E-state index contributed by atoms with van der Waals surface area (Å²) in [5, 5.41) is 9.20. The fraction of sp³-hybridized carbons (Fsp3) is 0.267. The summed E-state index contributed by atoms with van der Waals surface area (Å²) in [7, 11) is 0. The van der Waals surface area contributed by atoms with Crippen molar-refractivity contribution in [3.8, 4) is 5.75 Å². The first-order valence-electron chi connectivity index (χ1n) is 6.43. The Hall–Kier alpha value is -1.40. The Kier molecular flexibility index (Phi) is 5.36. The molecule has 3 nitrogen and oxygen atoms in total. The van der Waals surface area contributed by atoms with Crippen LogP contribution in [0.3, 0.4) is 0 Å². The largest absolute Gasteiger partial charge is 0.487 e. The van der Waals surface area contributed by atoms with E-state index in [1.54, 1.807) is 12.1 Å².